The highest BCUT2D eigenvalue weighted by molar-refractivity contribution is 7.88. The Balaban J connectivity index is 2.05. The lowest BCUT2D eigenvalue weighted by molar-refractivity contribution is 0.575. The van der Waals surface area contributed by atoms with Gasteiger partial charge in [-0.1, -0.05) is 26.0 Å². The van der Waals surface area contributed by atoms with Gasteiger partial charge in [-0.2, -0.15) is 0 Å². The first-order chi connectivity index (χ1) is 10.7. The molecule has 2 rings (SSSR count). The summed E-state index contributed by atoms with van der Waals surface area (Å²) in [7, 11) is -1.79. The number of sulfonamides is 1. The van der Waals surface area contributed by atoms with E-state index in [-0.39, 0.29) is 18.2 Å². The minimum atomic E-state index is -3.59. The average Bonchev–Trinajstić information content (AvgIpc) is 2.82. The van der Waals surface area contributed by atoms with Crippen molar-refractivity contribution < 1.29 is 12.8 Å². The van der Waals surface area contributed by atoms with Crippen LogP contribution in [0.3, 0.4) is 0 Å². The van der Waals surface area contributed by atoms with E-state index in [1.54, 1.807) is 30.7 Å². The minimum absolute atomic E-state index is 0.0485. The molecule has 126 valence electrons. The van der Waals surface area contributed by atoms with Gasteiger partial charge in [0, 0.05) is 13.0 Å². The second-order valence-electron chi connectivity index (χ2n) is 5.85. The second-order valence-corrected chi connectivity index (χ2v) is 7.66. The first-order valence-electron chi connectivity index (χ1n) is 7.30. The second kappa shape index (κ2) is 6.76. The van der Waals surface area contributed by atoms with Crippen LogP contribution < -0.4 is 4.72 Å². The van der Waals surface area contributed by atoms with E-state index in [4.69, 9.17) is 0 Å². The zero-order valence-electron chi connectivity index (χ0n) is 13.7. The van der Waals surface area contributed by atoms with E-state index in [0.717, 1.165) is 5.82 Å². The van der Waals surface area contributed by atoms with Crippen LogP contribution in [0.1, 0.15) is 42.5 Å². The number of nitrogens with one attached hydrogen (secondary N) is 1. The maximum absolute atomic E-state index is 13.5. The minimum Gasteiger partial charge on any atom is -0.317 e. The smallest absolute Gasteiger partial charge is 0.216 e. The predicted molar refractivity (Wildman–Crippen MR) is 85.7 cm³/mol. The molecule has 0 saturated heterocycles. The fourth-order valence-electron chi connectivity index (χ4n) is 2.20. The Bertz CT molecular complexity index is 800. The van der Waals surface area contributed by atoms with Gasteiger partial charge in [0.25, 0.3) is 0 Å². The van der Waals surface area contributed by atoms with Crippen molar-refractivity contribution in [1.82, 2.24) is 19.5 Å². The van der Waals surface area contributed by atoms with Crippen LogP contribution in [0, 0.1) is 12.7 Å². The Morgan fingerprint density at radius 2 is 2.00 bits per heavy atom. The lowest BCUT2D eigenvalue weighted by Gasteiger charge is -2.09. The van der Waals surface area contributed by atoms with Gasteiger partial charge in [0.15, 0.2) is 0 Å². The summed E-state index contributed by atoms with van der Waals surface area (Å²) in [5.41, 5.74) is 0.890. The van der Waals surface area contributed by atoms with Gasteiger partial charge in [-0.3, -0.25) is 0 Å². The third kappa shape index (κ3) is 4.35. The first kappa shape index (κ1) is 17.6. The Morgan fingerprint density at radius 3 is 2.57 bits per heavy atom. The summed E-state index contributed by atoms with van der Waals surface area (Å²) in [5.74, 6) is 0.840. The molecule has 1 aromatic heterocycles. The molecule has 0 saturated carbocycles. The van der Waals surface area contributed by atoms with Gasteiger partial charge in [-0.25, -0.2) is 17.5 Å². The summed E-state index contributed by atoms with van der Waals surface area (Å²) in [6, 6.07) is 4.42. The number of halogens is 1. The van der Waals surface area contributed by atoms with E-state index >= 15 is 0 Å². The maximum atomic E-state index is 13.5. The van der Waals surface area contributed by atoms with Crippen LogP contribution in [0.2, 0.25) is 0 Å². The monoisotopic (exact) mass is 340 g/mol. The molecule has 2 aromatic rings. The van der Waals surface area contributed by atoms with Crippen LogP contribution in [0.5, 0.6) is 0 Å². The lowest BCUT2D eigenvalue weighted by atomic mass is 10.2. The Kier molecular flexibility index (Phi) is 5.16. The van der Waals surface area contributed by atoms with Crippen molar-refractivity contribution in [3.8, 4) is 0 Å². The van der Waals surface area contributed by atoms with E-state index in [1.165, 1.54) is 6.07 Å². The summed E-state index contributed by atoms with van der Waals surface area (Å²) in [6.45, 7) is 5.66. The normalized spacial score (nSPS) is 12.1. The molecule has 0 spiro atoms. The highest BCUT2D eigenvalue weighted by Gasteiger charge is 2.16. The van der Waals surface area contributed by atoms with Gasteiger partial charge in [0.05, 0.1) is 12.3 Å². The molecule has 6 nitrogen and oxygen atoms in total. The molecular weight excluding hydrogens is 319 g/mol. The van der Waals surface area contributed by atoms with Crippen LogP contribution >= 0.6 is 0 Å². The molecular formula is C15H21FN4O2S. The number of nitrogens with zero attached hydrogens (tertiary/aromatic N) is 3. The van der Waals surface area contributed by atoms with Crippen molar-refractivity contribution in [1.29, 1.82) is 0 Å². The quantitative estimate of drug-likeness (QED) is 0.873. The largest absolute Gasteiger partial charge is 0.317 e. The fraction of sp³-hybridized carbons (Fsp3) is 0.467. The molecule has 0 radical (unpaired) electrons. The number of aryl methyl sites for hydroxylation is 1. The van der Waals surface area contributed by atoms with Crippen molar-refractivity contribution >= 4 is 10.0 Å². The Labute approximate surface area is 135 Å². The molecule has 8 heteroatoms. The highest BCUT2D eigenvalue weighted by atomic mass is 32.2. The molecule has 0 aliphatic carbocycles. The van der Waals surface area contributed by atoms with Gasteiger partial charge in [0.1, 0.15) is 17.5 Å². The third-order valence-corrected chi connectivity index (χ3v) is 4.86. The molecule has 0 aliphatic rings. The number of aromatic nitrogens is 3. The molecule has 1 heterocycles. The van der Waals surface area contributed by atoms with E-state index in [0.29, 0.717) is 17.0 Å². The van der Waals surface area contributed by atoms with E-state index in [2.05, 4.69) is 14.9 Å². The number of benzene rings is 1. The van der Waals surface area contributed by atoms with Crippen molar-refractivity contribution in [3.63, 3.8) is 0 Å². The summed E-state index contributed by atoms with van der Waals surface area (Å²) in [4.78, 5) is 0. The molecule has 1 aromatic carbocycles. The van der Waals surface area contributed by atoms with Crippen LogP contribution in [0.25, 0.3) is 0 Å². The SMILES string of the molecule is Cc1ccc(CS(=O)(=O)NCc2nnc(C(C)C)n2C)cc1F. The van der Waals surface area contributed by atoms with Gasteiger partial charge in [-0.15, -0.1) is 10.2 Å². The molecule has 0 aliphatic heterocycles. The van der Waals surface area contributed by atoms with Crippen LogP contribution in [0.4, 0.5) is 4.39 Å². The third-order valence-electron chi connectivity index (χ3n) is 3.56. The molecule has 1 N–H and O–H groups in total. The summed E-state index contributed by atoms with van der Waals surface area (Å²) < 4.78 is 42.0. The number of rotatable bonds is 6. The van der Waals surface area contributed by atoms with E-state index in [9.17, 15) is 12.8 Å². The van der Waals surface area contributed by atoms with E-state index in [1.807, 2.05) is 13.8 Å². The zero-order valence-corrected chi connectivity index (χ0v) is 14.5. The number of hydrogen-bond acceptors (Lipinski definition) is 4. The predicted octanol–water partition coefficient (Wildman–Crippen LogP) is 2.01. The Hall–Kier alpha value is -1.80. The first-order valence-corrected chi connectivity index (χ1v) is 8.95. The molecule has 0 unspecified atom stereocenters. The topological polar surface area (TPSA) is 76.9 Å². The molecule has 0 atom stereocenters. The van der Waals surface area contributed by atoms with Gasteiger partial charge >= 0.3 is 0 Å². The lowest BCUT2D eigenvalue weighted by Crippen LogP contribution is -2.26. The Morgan fingerprint density at radius 1 is 1.30 bits per heavy atom. The van der Waals surface area contributed by atoms with Crippen molar-refractivity contribution in [2.45, 2.75) is 39.0 Å². The van der Waals surface area contributed by atoms with Crippen molar-refractivity contribution in [2.75, 3.05) is 0 Å². The van der Waals surface area contributed by atoms with Gasteiger partial charge < -0.3 is 4.57 Å². The standard InChI is InChI=1S/C15H21FN4O2S/c1-10(2)15-19-18-14(20(15)4)8-17-23(21,22)9-12-6-5-11(3)13(16)7-12/h5-7,10,17H,8-9H2,1-4H3. The molecule has 0 bridgehead atoms. The maximum Gasteiger partial charge on any atom is 0.216 e. The van der Waals surface area contributed by atoms with Crippen molar-refractivity contribution in [3.05, 3.63) is 46.8 Å². The van der Waals surface area contributed by atoms with Gasteiger partial charge in [-0.05, 0) is 24.1 Å². The molecule has 23 heavy (non-hydrogen) atoms. The highest BCUT2D eigenvalue weighted by Crippen LogP contribution is 2.13. The van der Waals surface area contributed by atoms with Crippen molar-refractivity contribution in [2.24, 2.45) is 7.05 Å². The molecule has 0 amide bonds. The zero-order chi connectivity index (χ0) is 17.2. The van der Waals surface area contributed by atoms with Gasteiger partial charge in [0.2, 0.25) is 10.0 Å². The van der Waals surface area contributed by atoms with Crippen LogP contribution in [-0.4, -0.2) is 23.2 Å². The van der Waals surface area contributed by atoms with Crippen LogP contribution in [0.15, 0.2) is 18.2 Å². The van der Waals surface area contributed by atoms with Crippen LogP contribution in [-0.2, 0) is 29.4 Å². The number of hydrogen-bond donors (Lipinski definition) is 1. The summed E-state index contributed by atoms with van der Waals surface area (Å²) in [6.07, 6.45) is 0. The average molecular weight is 340 g/mol. The van der Waals surface area contributed by atoms with E-state index < -0.39 is 15.8 Å². The summed E-state index contributed by atoms with van der Waals surface area (Å²) >= 11 is 0. The fourth-order valence-corrected chi connectivity index (χ4v) is 3.27. The molecule has 0 fully saturated rings. The summed E-state index contributed by atoms with van der Waals surface area (Å²) in [5, 5.41) is 8.05.